The van der Waals surface area contributed by atoms with E-state index in [1.54, 1.807) is 0 Å². The van der Waals surface area contributed by atoms with E-state index in [4.69, 9.17) is 4.98 Å². The van der Waals surface area contributed by atoms with Crippen LogP contribution in [0.1, 0.15) is 30.9 Å². The molecule has 3 saturated heterocycles. The lowest BCUT2D eigenvalue weighted by Crippen LogP contribution is -2.70. The summed E-state index contributed by atoms with van der Waals surface area (Å²) in [6.07, 6.45) is 2.71. The van der Waals surface area contributed by atoms with Gasteiger partial charge in [0.15, 0.2) is 0 Å². The second kappa shape index (κ2) is 9.18. The molecule has 1 aromatic heterocycles. The first-order valence-corrected chi connectivity index (χ1v) is 11.4. The Hall–Kier alpha value is -2.10. The summed E-state index contributed by atoms with van der Waals surface area (Å²) in [5.41, 5.74) is 1.68. The number of hydrogen-bond acceptors (Lipinski definition) is 7. The molecule has 8 heteroatoms. The van der Waals surface area contributed by atoms with Gasteiger partial charge in [-0.2, -0.15) is 0 Å². The topological polar surface area (TPSA) is 102 Å². The van der Waals surface area contributed by atoms with E-state index in [-0.39, 0.29) is 30.9 Å². The highest BCUT2D eigenvalue weighted by atomic mass is 16.3. The van der Waals surface area contributed by atoms with Crippen LogP contribution in [-0.2, 0) is 4.79 Å². The number of piperidine rings is 1. The number of para-hydroxylation sites is 1. The molecule has 0 spiro atoms. The van der Waals surface area contributed by atoms with E-state index in [9.17, 15) is 9.90 Å². The molecule has 31 heavy (non-hydrogen) atoms. The number of carbonyl (C=O) groups is 1. The van der Waals surface area contributed by atoms with Crippen LogP contribution < -0.4 is 21.3 Å². The van der Waals surface area contributed by atoms with Gasteiger partial charge in [0.1, 0.15) is 12.2 Å². The molecular formula is C23H32N6O2. The van der Waals surface area contributed by atoms with Gasteiger partial charge < -0.3 is 15.7 Å². The van der Waals surface area contributed by atoms with Crippen molar-refractivity contribution in [1.29, 1.82) is 0 Å². The number of carbonyl (C=O) groups excluding carboxylic acids is 1. The van der Waals surface area contributed by atoms with Crippen molar-refractivity contribution < 1.29 is 9.90 Å². The van der Waals surface area contributed by atoms with Crippen LogP contribution in [0.5, 0.6) is 0 Å². The number of aliphatic hydroxyl groups excluding tert-OH is 1. The number of pyridine rings is 1. The number of likely N-dealkylation sites (tertiary alicyclic amines) is 1. The normalized spacial score (nSPS) is 32.3. The van der Waals surface area contributed by atoms with Crippen LogP contribution in [0.15, 0.2) is 36.4 Å². The number of aliphatic hydroxyl groups is 1. The molecule has 1 amide bonds. The predicted octanol–water partition coefficient (Wildman–Crippen LogP) is 0.303. The highest BCUT2D eigenvalue weighted by molar-refractivity contribution is 5.86. The van der Waals surface area contributed by atoms with E-state index in [0.29, 0.717) is 6.04 Å². The lowest BCUT2D eigenvalue weighted by Gasteiger charge is -2.43. The number of benzene rings is 1. The van der Waals surface area contributed by atoms with Crippen LogP contribution in [0.3, 0.4) is 0 Å². The molecule has 3 fully saturated rings. The smallest absolute Gasteiger partial charge is 0.234 e. The average molecular weight is 425 g/mol. The second-order valence-electron chi connectivity index (χ2n) is 9.00. The van der Waals surface area contributed by atoms with Crippen molar-refractivity contribution in [2.24, 2.45) is 5.92 Å². The van der Waals surface area contributed by atoms with Crippen molar-refractivity contribution in [2.75, 3.05) is 32.8 Å². The zero-order chi connectivity index (χ0) is 21.2. The van der Waals surface area contributed by atoms with E-state index in [2.05, 4.69) is 26.2 Å². The van der Waals surface area contributed by atoms with Crippen molar-refractivity contribution in [3.8, 4) is 0 Å². The Morgan fingerprint density at radius 3 is 2.90 bits per heavy atom. The first-order valence-electron chi connectivity index (χ1n) is 11.4. The largest absolute Gasteiger partial charge is 0.396 e. The lowest BCUT2D eigenvalue weighted by molar-refractivity contribution is -0.129. The van der Waals surface area contributed by atoms with Gasteiger partial charge in [0.05, 0.1) is 17.4 Å². The average Bonchev–Trinajstić information content (AvgIpc) is 3.29. The summed E-state index contributed by atoms with van der Waals surface area (Å²) >= 11 is 0. The van der Waals surface area contributed by atoms with Crippen molar-refractivity contribution in [1.82, 2.24) is 31.2 Å². The van der Waals surface area contributed by atoms with Gasteiger partial charge in [-0.15, -0.1) is 0 Å². The van der Waals surface area contributed by atoms with Crippen molar-refractivity contribution in [2.45, 2.75) is 43.7 Å². The quantitative estimate of drug-likeness (QED) is 0.471. The summed E-state index contributed by atoms with van der Waals surface area (Å²) in [5, 5.41) is 24.6. The van der Waals surface area contributed by atoms with E-state index < -0.39 is 5.92 Å². The van der Waals surface area contributed by atoms with Crippen molar-refractivity contribution in [3.63, 3.8) is 0 Å². The molecule has 1 aromatic carbocycles. The van der Waals surface area contributed by atoms with Crippen molar-refractivity contribution in [3.05, 3.63) is 42.1 Å². The van der Waals surface area contributed by atoms with Gasteiger partial charge in [-0.05, 0) is 43.9 Å². The molecular weight excluding hydrogens is 392 g/mol. The van der Waals surface area contributed by atoms with E-state index in [1.807, 2.05) is 36.4 Å². The molecule has 5 N–H and O–H groups in total. The monoisotopic (exact) mass is 424 g/mol. The summed E-state index contributed by atoms with van der Waals surface area (Å²) in [5.74, 6) is -0.160. The fourth-order valence-electron chi connectivity index (χ4n) is 5.08. The molecule has 4 heterocycles. The summed E-state index contributed by atoms with van der Waals surface area (Å²) in [6, 6.07) is 12.3. The lowest BCUT2D eigenvalue weighted by atomic mass is 9.95. The number of nitrogens with one attached hydrogen (secondary N) is 4. The highest BCUT2D eigenvalue weighted by Crippen LogP contribution is 2.26. The van der Waals surface area contributed by atoms with Gasteiger partial charge in [0, 0.05) is 37.7 Å². The van der Waals surface area contributed by atoms with Gasteiger partial charge in [-0.3, -0.25) is 25.3 Å². The van der Waals surface area contributed by atoms with Crippen LogP contribution >= 0.6 is 0 Å². The van der Waals surface area contributed by atoms with E-state index in [0.717, 1.165) is 62.0 Å². The maximum Gasteiger partial charge on any atom is 0.234 e. The minimum absolute atomic E-state index is 0.0137. The SMILES string of the molecule is O=C1NC(N2CC[C@H](CO)C2)NC(N[C@@H]2CCCNC2)C1c1ccc2ccccc2n1. The fraction of sp³-hybridized carbons (Fsp3) is 0.565. The zero-order valence-electron chi connectivity index (χ0n) is 17.8. The minimum atomic E-state index is -0.418. The Labute approximate surface area is 182 Å². The summed E-state index contributed by atoms with van der Waals surface area (Å²) in [6.45, 7) is 3.78. The Morgan fingerprint density at radius 2 is 2.10 bits per heavy atom. The molecule has 166 valence electrons. The summed E-state index contributed by atoms with van der Waals surface area (Å²) < 4.78 is 0. The standard InChI is InChI=1S/C23H32N6O2/c30-14-15-9-11-29(13-15)23-27-21(25-17-5-3-10-24-12-17)20(22(31)28-23)19-8-7-16-4-1-2-6-18(16)26-19/h1-2,4,6-8,15,17,20-21,23-25,27,30H,3,5,9-14H2,(H,28,31)/t15-,17+,20?,21?,23?/m0/s1. The third-order valence-electron chi connectivity index (χ3n) is 6.82. The first-order chi connectivity index (χ1) is 15.2. The molecule has 0 saturated carbocycles. The first kappa shape index (κ1) is 20.8. The third-order valence-corrected chi connectivity index (χ3v) is 6.82. The molecule has 3 unspecified atom stereocenters. The Balaban J connectivity index is 1.41. The molecule has 0 radical (unpaired) electrons. The van der Waals surface area contributed by atoms with Crippen LogP contribution in [-0.4, -0.2) is 72.2 Å². The van der Waals surface area contributed by atoms with Crippen LogP contribution in [0, 0.1) is 5.92 Å². The summed E-state index contributed by atoms with van der Waals surface area (Å²) in [7, 11) is 0. The number of aromatic nitrogens is 1. The molecule has 5 atom stereocenters. The number of fused-ring (bicyclic) bond motifs is 1. The Bertz CT molecular complexity index is 918. The zero-order valence-corrected chi connectivity index (χ0v) is 17.8. The van der Waals surface area contributed by atoms with Crippen LogP contribution in [0.2, 0.25) is 0 Å². The molecule has 5 rings (SSSR count). The second-order valence-corrected chi connectivity index (χ2v) is 9.00. The maximum atomic E-state index is 13.4. The molecule has 3 aliphatic rings. The van der Waals surface area contributed by atoms with Gasteiger partial charge in [-0.1, -0.05) is 24.3 Å². The Kier molecular flexibility index (Phi) is 6.15. The molecule has 0 aliphatic carbocycles. The van der Waals surface area contributed by atoms with Gasteiger partial charge >= 0.3 is 0 Å². The number of rotatable bonds is 5. The molecule has 8 nitrogen and oxygen atoms in total. The predicted molar refractivity (Wildman–Crippen MR) is 119 cm³/mol. The third kappa shape index (κ3) is 4.44. The molecule has 2 aromatic rings. The molecule has 0 bridgehead atoms. The Morgan fingerprint density at radius 1 is 1.19 bits per heavy atom. The molecule has 3 aliphatic heterocycles. The fourth-order valence-corrected chi connectivity index (χ4v) is 5.08. The maximum absolute atomic E-state index is 13.4. The number of hydrogen-bond donors (Lipinski definition) is 5. The summed E-state index contributed by atoms with van der Waals surface area (Å²) in [4.78, 5) is 20.4. The van der Waals surface area contributed by atoms with Crippen LogP contribution in [0.25, 0.3) is 10.9 Å². The van der Waals surface area contributed by atoms with Gasteiger partial charge in [0.25, 0.3) is 0 Å². The van der Waals surface area contributed by atoms with Crippen LogP contribution in [0.4, 0.5) is 0 Å². The van der Waals surface area contributed by atoms with Gasteiger partial charge in [0.2, 0.25) is 5.91 Å². The van der Waals surface area contributed by atoms with Crippen molar-refractivity contribution >= 4 is 16.8 Å². The minimum Gasteiger partial charge on any atom is -0.396 e. The van der Waals surface area contributed by atoms with E-state index in [1.165, 1.54) is 0 Å². The highest BCUT2D eigenvalue weighted by Gasteiger charge is 2.42. The van der Waals surface area contributed by atoms with Gasteiger partial charge in [-0.25, -0.2) is 0 Å². The van der Waals surface area contributed by atoms with E-state index >= 15 is 0 Å². The number of nitrogens with zero attached hydrogens (tertiary/aromatic N) is 2. The number of amides is 1.